The molecule has 0 heterocycles. The summed E-state index contributed by atoms with van der Waals surface area (Å²) in [6.45, 7) is 5.57. The molecule has 4 aliphatic rings. The van der Waals surface area contributed by atoms with Gasteiger partial charge >= 0.3 is 0 Å². The molecular weight excluding hydrogens is 296 g/mol. The topological polar surface area (TPSA) is 56.0 Å². The van der Waals surface area contributed by atoms with Crippen LogP contribution >= 0.6 is 0 Å². The van der Waals surface area contributed by atoms with Crippen LogP contribution < -0.4 is 5.32 Å². The molecule has 134 valence electrons. The zero-order chi connectivity index (χ0) is 16.9. The summed E-state index contributed by atoms with van der Waals surface area (Å²) in [5.74, 6) is 3.35. The summed E-state index contributed by atoms with van der Waals surface area (Å²) < 4.78 is 0. The number of nitriles is 1. The lowest BCUT2D eigenvalue weighted by molar-refractivity contribution is -0.123. The lowest BCUT2D eigenvalue weighted by Gasteiger charge is -2.61. The number of hydrogen-bond acceptors (Lipinski definition) is 3. The van der Waals surface area contributed by atoms with Crippen molar-refractivity contribution in [2.75, 3.05) is 6.54 Å². The van der Waals surface area contributed by atoms with Crippen LogP contribution in [0, 0.1) is 45.8 Å². The molecule has 0 amide bonds. The van der Waals surface area contributed by atoms with Crippen molar-refractivity contribution in [2.45, 2.75) is 83.8 Å². The van der Waals surface area contributed by atoms with Crippen LogP contribution in [0.3, 0.4) is 0 Å². The Balaban J connectivity index is 1.55. The Kier molecular flexibility index (Phi) is 4.21. The van der Waals surface area contributed by atoms with E-state index in [4.69, 9.17) is 5.26 Å². The predicted octanol–water partition coefficient (Wildman–Crippen LogP) is 3.87. The van der Waals surface area contributed by atoms with Gasteiger partial charge in [0, 0.05) is 6.04 Å². The van der Waals surface area contributed by atoms with Gasteiger partial charge in [-0.25, -0.2) is 0 Å². The van der Waals surface area contributed by atoms with E-state index in [9.17, 15) is 5.11 Å². The Bertz CT molecular complexity index is 528. The van der Waals surface area contributed by atoms with Crippen molar-refractivity contribution in [1.82, 2.24) is 5.32 Å². The van der Waals surface area contributed by atoms with Crippen molar-refractivity contribution < 1.29 is 5.11 Å². The Labute approximate surface area is 147 Å². The Morgan fingerprint density at radius 3 is 2.54 bits per heavy atom. The first-order valence-electron chi connectivity index (χ1n) is 10.3. The Morgan fingerprint density at radius 2 is 1.75 bits per heavy atom. The molecule has 4 aliphatic carbocycles. The first-order valence-corrected chi connectivity index (χ1v) is 10.3. The number of hydrogen-bond donors (Lipinski definition) is 2. The fourth-order valence-corrected chi connectivity index (χ4v) is 7.74. The lowest BCUT2D eigenvalue weighted by Crippen LogP contribution is -2.55. The zero-order valence-corrected chi connectivity index (χ0v) is 15.4. The smallest absolute Gasteiger partial charge is 0.0843 e. The summed E-state index contributed by atoms with van der Waals surface area (Å²) in [5, 5.41) is 22.6. The molecule has 3 heteroatoms. The number of fused-ring (bicyclic) bond motifs is 5. The zero-order valence-electron chi connectivity index (χ0n) is 15.4. The maximum atomic E-state index is 10.1. The van der Waals surface area contributed by atoms with Gasteiger partial charge in [0.15, 0.2) is 0 Å². The molecule has 0 saturated heterocycles. The molecular formula is C21H34N2O. The van der Waals surface area contributed by atoms with Gasteiger partial charge in [-0.15, -0.1) is 0 Å². The van der Waals surface area contributed by atoms with E-state index < -0.39 is 0 Å². The molecule has 2 N–H and O–H groups in total. The van der Waals surface area contributed by atoms with Crippen LogP contribution in [0.25, 0.3) is 0 Å². The molecule has 3 nitrogen and oxygen atoms in total. The molecule has 0 bridgehead atoms. The van der Waals surface area contributed by atoms with Crippen LogP contribution in [0.4, 0.5) is 0 Å². The van der Waals surface area contributed by atoms with Gasteiger partial charge in [-0.05, 0) is 92.3 Å². The minimum absolute atomic E-state index is 0.0421. The first kappa shape index (κ1) is 16.9. The van der Waals surface area contributed by atoms with Crippen molar-refractivity contribution in [3.8, 4) is 6.07 Å². The van der Waals surface area contributed by atoms with Gasteiger partial charge in [-0.1, -0.05) is 13.8 Å². The van der Waals surface area contributed by atoms with E-state index in [2.05, 4.69) is 25.2 Å². The molecule has 4 rings (SSSR count). The molecule has 0 aliphatic heterocycles. The molecule has 0 aromatic carbocycles. The molecule has 4 saturated carbocycles. The summed E-state index contributed by atoms with van der Waals surface area (Å²) in [5.41, 5.74) is 0.872. The van der Waals surface area contributed by atoms with E-state index in [0.29, 0.717) is 23.4 Å². The molecule has 0 aromatic heterocycles. The minimum atomic E-state index is -0.0421. The number of aliphatic hydroxyl groups is 1. The van der Waals surface area contributed by atoms with Gasteiger partial charge in [0.25, 0.3) is 0 Å². The van der Waals surface area contributed by atoms with Gasteiger partial charge in [0.2, 0.25) is 0 Å². The van der Waals surface area contributed by atoms with Crippen molar-refractivity contribution in [2.24, 2.45) is 34.5 Å². The van der Waals surface area contributed by atoms with E-state index in [0.717, 1.165) is 36.5 Å². The number of rotatable bonds is 2. The first-order chi connectivity index (χ1) is 11.5. The Hall–Kier alpha value is -0.590. The standard InChI is InChI=1S/C21H34N2O/c1-20-9-7-15(24)13-14(20)3-4-16-17-5-6-19(23-12-11-22)21(17,2)10-8-18(16)20/h14-19,23-24H,3-10,12-13H2,1-2H3/t14-,15?,16?,17?,18?,19?,20-,21-/m0/s1. The van der Waals surface area contributed by atoms with Crippen molar-refractivity contribution >= 4 is 0 Å². The van der Waals surface area contributed by atoms with Crippen LogP contribution in [-0.4, -0.2) is 23.8 Å². The predicted molar refractivity (Wildman–Crippen MR) is 95.1 cm³/mol. The summed E-state index contributed by atoms with van der Waals surface area (Å²) in [4.78, 5) is 0. The van der Waals surface area contributed by atoms with Crippen molar-refractivity contribution in [1.29, 1.82) is 5.26 Å². The summed E-state index contributed by atoms with van der Waals surface area (Å²) in [6.07, 6.45) is 11.3. The monoisotopic (exact) mass is 330 g/mol. The average molecular weight is 331 g/mol. The van der Waals surface area contributed by atoms with Crippen LogP contribution in [0.1, 0.15) is 71.6 Å². The van der Waals surface area contributed by atoms with Crippen LogP contribution in [0.5, 0.6) is 0 Å². The molecule has 4 fully saturated rings. The maximum Gasteiger partial charge on any atom is 0.0843 e. The van der Waals surface area contributed by atoms with E-state index in [1.807, 2.05) is 0 Å². The third kappa shape index (κ3) is 2.36. The van der Waals surface area contributed by atoms with Crippen LogP contribution in [-0.2, 0) is 0 Å². The highest BCUT2D eigenvalue weighted by atomic mass is 16.3. The van der Waals surface area contributed by atoms with Gasteiger partial charge < -0.3 is 10.4 Å². The van der Waals surface area contributed by atoms with Crippen LogP contribution in [0.2, 0.25) is 0 Å². The van der Waals surface area contributed by atoms with E-state index in [1.165, 1.54) is 44.9 Å². The van der Waals surface area contributed by atoms with E-state index in [-0.39, 0.29) is 6.10 Å². The normalized spacial score (nSPS) is 53.6. The van der Waals surface area contributed by atoms with Gasteiger partial charge in [0.1, 0.15) is 0 Å². The summed E-state index contributed by atoms with van der Waals surface area (Å²) in [6, 6.07) is 2.82. The average Bonchev–Trinajstić information content (AvgIpc) is 2.90. The molecule has 0 spiro atoms. The highest BCUT2D eigenvalue weighted by Crippen LogP contribution is 2.66. The van der Waals surface area contributed by atoms with Gasteiger partial charge in [-0.3, -0.25) is 0 Å². The number of nitrogens with zero attached hydrogens (tertiary/aromatic N) is 1. The van der Waals surface area contributed by atoms with Gasteiger partial charge in [0.05, 0.1) is 18.7 Å². The van der Waals surface area contributed by atoms with Crippen molar-refractivity contribution in [3.63, 3.8) is 0 Å². The SMILES string of the molecule is C[C@]12CCC3C(CC[C@H]4CC(O)CC[C@]34C)C1CCC2NCC#N. The fraction of sp³-hybridized carbons (Fsp3) is 0.952. The summed E-state index contributed by atoms with van der Waals surface area (Å²) >= 11 is 0. The van der Waals surface area contributed by atoms with Crippen molar-refractivity contribution in [3.05, 3.63) is 0 Å². The molecule has 5 unspecified atom stereocenters. The maximum absolute atomic E-state index is 10.1. The molecule has 0 radical (unpaired) electrons. The van der Waals surface area contributed by atoms with E-state index in [1.54, 1.807) is 0 Å². The molecule has 0 aromatic rings. The van der Waals surface area contributed by atoms with E-state index >= 15 is 0 Å². The Morgan fingerprint density at radius 1 is 1.00 bits per heavy atom. The third-order valence-electron chi connectivity index (χ3n) is 9.07. The second kappa shape index (κ2) is 5.99. The highest BCUT2D eigenvalue weighted by molar-refractivity contribution is 5.11. The number of aliphatic hydroxyl groups excluding tert-OH is 1. The lowest BCUT2D eigenvalue weighted by atomic mass is 9.45. The molecule has 24 heavy (non-hydrogen) atoms. The molecule has 8 atom stereocenters. The largest absolute Gasteiger partial charge is 0.393 e. The number of nitrogens with one attached hydrogen (secondary N) is 1. The minimum Gasteiger partial charge on any atom is -0.393 e. The van der Waals surface area contributed by atoms with Crippen LogP contribution in [0.15, 0.2) is 0 Å². The second-order valence-corrected chi connectivity index (χ2v) is 9.80. The highest BCUT2D eigenvalue weighted by Gasteiger charge is 2.59. The third-order valence-corrected chi connectivity index (χ3v) is 9.07. The second-order valence-electron chi connectivity index (χ2n) is 9.80. The summed E-state index contributed by atoms with van der Waals surface area (Å²) in [7, 11) is 0. The van der Waals surface area contributed by atoms with Gasteiger partial charge in [-0.2, -0.15) is 5.26 Å². The fourth-order valence-electron chi connectivity index (χ4n) is 7.74. The quantitative estimate of drug-likeness (QED) is 0.756.